The third-order valence-corrected chi connectivity index (χ3v) is 5.11. The Bertz CT molecular complexity index is 797. The van der Waals surface area contributed by atoms with E-state index in [0.717, 1.165) is 18.7 Å². The first-order chi connectivity index (χ1) is 12.1. The van der Waals surface area contributed by atoms with Gasteiger partial charge in [-0.25, -0.2) is 9.37 Å². The normalized spacial score (nSPS) is 17.4. The number of amides is 1. The molecule has 1 aromatic carbocycles. The van der Waals surface area contributed by atoms with Gasteiger partial charge in [-0.15, -0.1) is 0 Å². The molecule has 2 aromatic rings. The highest BCUT2D eigenvalue weighted by molar-refractivity contribution is 5.78. The third-order valence-electron chi connectivity index (χ3n) is 5.11. The Hall–Kier alpha value is -2.21. The number of carbonyl (C=O) groups excluding carboxylic acids is 1. The Morgan fingerprint density at radius 1 is 1.36 bits per heavy atom. The van der Waals surface area contributed by atoms with Gasteiger partial charge in [-0.05, 0) is 18.9 Å². The Balaban J connectivity index is 1.34. The predicted octanol–water partition coefficient (Wildman–Crippen LogP) is 2.11. The number of aromatic nitrogens is 2. The molecule has 1 fully saturated rings. The van der Waals surface area contributed by atoms with E-state index in [4.69, 9.17) is 4.98 Å². The van der Waals surface area contributed by atoms with Gasteiger partial charge in [0.2, 0.25) is 5.91 Å². The maximum Gasteiger partial charge on any atom is 0.234 e. The number of carbonyl (C=O) groups is 1. The van der Waals surface area contributed by atoms with Crippen LogP contribution in [0.1, 0.15) is 41.5 Å². The van der Waals surface area contributed by atoms with Crippen molar-refractivity contribution in [3.05, 3.63) is 52.9 Å². The summed E-state index contributed by atoms with van der Waals surface area (Å²) in [5.41, 5.74) is 2.93. The number of halogens is 1. The number of rotatable bonds is 5. The fourth-order valence-corrected chi connectivity index (χ4v) is 3.54. The topological polar surface area (TPSA) is 50.2 Å². The van der Waals surface area contributed by atoms with Gasteiger partial charge in [-0.2, -0.15) is 0 Å². The van der Waals surface area contributed by atoms with E-state index >= 15 is 0 Å². The van der Waals surface area contributed by atoms with Crippen LogP contribution in [0.5, 0.6) is 0 Å². The summed E-state index contributed by atoms with van der Waals surface area (Å²) in [5, 5.41) is 2.81. The minimum Gasteiger partial charge on any atom is -0.351 e. The van der Waals surface area contributed by atoms with Gasteiger partial charge in [0.05, 0.1) is 12.2 Å². The van der Waals surface area contributed by atoms with Crippen LogP contribution >= 0.6 is 0 Å². The molecule has 0 spiro atoms. The summed E-state index contributed by atoms with van der Waals surface area (Å²) in [5.74, 6) is 1.47. The molecular formula is C19H23FN4O. The van der Waals surface area contributed by atoms with Crippen molar-refractivity contribution in [2.45, 2.75) is 38.3 Å². The predicted molar refractivity (Wildman–Crippen MR) is 92.4 cm³/mol. The van der Waals surface area contributed by atoms with E-state index in [-0.39, 0.29) is 18.3 Å². The zero-order valence-corrected chi connectivity index (χ0v) is 14.5. The summed E-state index contributed by atoms with van der Waals surface area (Å²) < 4.78 is 15.9. The highest BCUT2D eigenvalue weighted by Gasteiger charge is 2.32. The van der Waals surface area contributed by atoms with Crippen LogP contribution in [0.15, 0.2) is 24.3 Å². The summed E-state index contributed by atoms with van der Waals surface area (Å²) in [6.07, 6.45) is 3.41. The average Bonchev–Trinajstić information content (AvgIpc) is 3.39. The number of benzene rings is 1. The number of nitrogens with one attached hydrogen (secondary N) is 1. The van der Waals surface area contributed by atoms with Crippen molar-refractivity contribution in [1.29, 1.82) is 0 Å². The molecule has 1 aliphatic carbocycles. The van der Waals surface area contributed by atoms with E-state index in [0.29, 0.717) is 24.6 Å². The monoisotopic (exact) mass is 342 g/mol. The van der Waals surface area contributed by atoms with Crippen molar-refractivity contribution in [3.63, 3.8) is 0 Å². The molecule has 6 heteroatoms. The lowest BCUT2D eigenvalue weighted by Crippen LogP contribution is -2.40. The van der Waals surface area contributed by atoms with Gasteiger partial charge in [0, 0.05) is 50.3 Å². The zero-order valence-electron chi connectivity index (χ0n) is 14.5. The van der Waals surface area contributed by atoms with Gasteiger partial charge < -0.3 is 9.88 Å². The molecule has 1 amide bonds. The van der Waals surface area contributed by atoms with Crippen molar-refractivity contribution >= 4 is 5.91 Å². The molecule has 0 bridgehead atoms. The summed E-state index contributed by atoms with van der Waals surface area (Å²) in [6.45, 7) is 2.11. The second-order valence-corrected chi connectivity index (χ2v) is 7.03. The van der Waals surface area contributed by atoms with Crippen LogP contribution < -0.4 is 5.32 Å². The Kier molecular flexibility index (Phi) is 4.29. The summed E-state index contributed by atoms with van der Waals surface area (Å²) in [7, 11) is 2.11. The van der Waals surface area contributed by atoms with Gasteiger partial charge in [-0.3, -0.25) is 9.69 Å². The molecular weight excluding hydrogens is 319 g/mol. The molecule has 0 saturated heterocycles. The summed E-state index contributed by atoms with van der Waals surface area (Å²) in [6, 6.07) is 6.52. The van der Waals surface area contributed by atoms with E-state index in [2.05, 4.69) is 21.8 Å². The molecule has 0 radical (unpaired) electrons. The van der Waals surface area contributed by atoms with Crippen LogP contribution in [-0.2, 0) is 31.4 Å². The maximum atomic E-state index is 13.6. The Labute approximate surface area is 146 Å². The Morgan fingerprint density at radius 2 is 2.16 bits per heavy atom. The third kappa shape index (κ3) is 3.44. The first kappa shape index (κ1) is 16.3. The molecule has 0 unspecified atom stereocenters. The molecule has 132 valence electrons. The van der Waals surface area contributed by atoms with Crippen molar-refractivity contribution in [1.82, 2.24) is 19.8 Å². The van der Waals surface area contributed by atoms with Gasteiger partial charge in [0.1, 0.15) is 11.6 Å². The van der Waals surface area contributed by atoms with E-state index < -0.39 is 0 Å². The van der Waals surface area contributed by atoms with Crippen molar-refractivity contribution < 1.29 is 9.18 Å². The fourth-order valence-electron chi connectivity index (χ4n) is 3.54. The number of imidazole rings is 1. The Morgan fingerprint density at radius 3 is 2.92 bits per heavy atom. The van der Waals surface area contributed by atoms with E-state index in [1.807, 2.05) is 0 Å². The zero-order chi connectivity index (χ0) is 17.4. The molecule has 0 atom stereocenters. The van der Waals surface area contributed by atoms with Crippen LogP contribution in [0.3, 0.4) is 0 Å². The number of hydrogen-bond acceptors (Lipinski definition) is 3. The lowest BCUT2D eigenvalue weighted by molar-refractivity contribution is -0.122. The summed E-state index contributed by atoms with van der Waals surface area (Å²) in [4.78, 5) is 19.1. The number of hydrogen-bond donors (Lipinski definition) is 1. The van der Waals surface area contributed by atoms with Gasteiger partial charge >= 0.3 is 0 Å². The number of fused-ring (bicyclic) bond motifs is 1. The average molecular weight is 342 g/mol. The first-order valence-electron chi connectivity index (χ1n) is 8.88. The largest absolute Gasteiger partial charge is 0.351 e. The molecule has 2 heterocycles. The van der Waals surface area contributed by atoms with Crippen LogP contribution in [0.4, 0.5) is 4.39 Å². The van der Waals surface area contributed by atoms with Crippen molar-refractivity contribution in [2.75, 3.05) is 13.1 Å². The van der Waals surface area contributed by atoms with Crippen molar-refractivity contribution in [2.24, 2.45) is 7.05 Å². The van der Waals surface area contributed by atoms with Crippen molar-refractivity contribution in [3.8, 4) is 0 Å². The molecule has 1 N–H and O–H groups in total. The molecule has 5 nitrogen and oxygen atoms in total. The van der Waals surface area contributed by atoms with Crippen LogP contribution in [0.2, 0.25) is 0 Å². The number of nitrogens with zero attached hydrogens (tertiary/aromatic N) is 3. The minimum absolute atomic E-state index is 0.0787. The lowest BCUT2D eigenvalue weighted by atomic mass is 10.1. The molecule has 1 aliphatic heterocycles. The highest BCUT2D eigenvalue weighted by Crippen LogP contribution is 2.40. The van der Waals surface area contributed by atoms with E-state index in [1.54, 1.807) is 18.2 Å². The SMILES string of the molecule is Cn1c(C2CC2)nc2c1CCN(CC(=O)NCc1ccccc1F)C2. The van der Waals surface area contributed by atoms with Crippen LogP contribution in [0.25, 0.3) is 0 Å². The molecule has 1 aromatic heterocycles. The molecule has 1 saturated carbocycles. The molecule has 2 aliphatic rings. The lowest BCUT2D eigenvalue weighted by Gasteiger charge is -2.26. The van der Waals surface area contributed by atoms with Gasteiger partial charge in [0.15, 0.2) is 0 Å². The quantitative estimate of drug-likeness (QED) is 0.905. The second-order valence-electron chi connectivity index (χ2n) is 7.03. The second kappa shape index (κ2) is 6.59. The first-order valence-corrected chi connectivity index (χ1v) is 8.88. The van der Waals surface area contributed by atoms with Crippen LogP contribution in [-0.4, -0.2) is 33.4 Å². The molecule has 4 rings (SSSR count). The fraction of sp³-hybridized carbons (Fsp3) is 0.474. The standard InChI is InChI=1S/C19H23FN4O/c1-23-17-8-9-24(11-16(17)22-19(23)13-6-7-13)12-18(25)21-10-14-4-2-3-5-15(14)20/h2-5,13H,6-12H2,1H3,(H,21,25). The minimum atomic E-state index is -0.286. The smallest absolute Gasteiger partial charge is 0.234 e. The van der Waals surface area contributed by atoms with Gasteiger partial charge in [0.25, 0.3) is 0 Å². The highest BCUT2D eigenvalue weighted by atomic mass is 19.1. The van der Waals surface area contributed by atoms with E-state index in [9.17, 15) is 9.18 Å². The molecule has 25 heavy (non-hydrogen) atoms. The van der Waals surface area contributed by atoms with Crippen LogP contribution in [0, 0.1) is 5.82 Å². The van der Waals surface area contributed by atoms with E-state index in [1.165, 1.54) is 30.4 Å². The maximum absolute atomic E-state index is 13.6. The summed E-state index contributed by atoms with van der Waals surface area (Å²) >= 11 is 0. The van der Waals surface area contributed by atoms with Gasteiger partial charge in [-0.1, -0.05) is 18.2 Å².